The zero-order valence-corrected chi connectivity index (χ0v) is 32.0. The first-order valence-electron chi connectivity index (χ1n) is 18.1. The first-order valence-corrected chi connectivity index (χ1v) is 18.1. The molecule has 3 aliphatic rings. The molecule has 12 heteroatoms. The first-order chi connectivity index (χ1) is 24.9. The molecule has 4 aromatic carbocycles. The highest BCUT2D eigenvalue weighted by atomic mass is 19.0. The Labute approximate surface area is 314 Å². The zero-order chi connectivity index (χ0) is 37.1. The van der Waals surface area contributed by atoms with Crippen LogP contribution in [0.3, 0.4) is 0 Å². The highest BCUT2D eigenvalue weighted by Gasteiger charge is 2.52. The molecule has 284 valence electrons. The summed E-state index contributed by atoms with van der Waals surface area (Å²) in [5, 5.41) is 9.53. The third kappa shape index (κ3) is 11.9. The maximum absolute atomic E-state index is 9.53. The van der Waals surface area contributed by atoms with Gasteiger partial charge in [0.15, 0.2) is 0 Å². The van der Waals surface area contributed by atoms with Gasteiger partial charge in [0.1, 0.15) is 29.8 Å². The van der Waals surface area contributed by atoms with Crippen molar-refractivity contribution in [1.29, 1.82) is 0 Å². The molecule has 0 bridgehead atoms. The lowest BCUT2D eigenvalue weighted by atomic mass is 9.76. The molecule has 53 heavy (non-hydrogen) atoms. The first kappa shape index (κ1) is 42.0. The molecular formula is C41H53B2FO9. The van der Waals surface area contributed by atoms with Gasteiger partial charge >= 0.3 is 14.2 Å². The highest BCUT2D eigenvalue weighted by Crippen LogP contribution is 2.37. The highest BCUT2D eigenvalue weighted by molar-refractivity contribution is 6.62. The molecule has 0 aliphatic carbocycles. The maximum Gasteiger partial charge on any atom is 0.495 e. The van der Waals surface area contributed by atoms with Crippen molar-refractivity contribution in [1.82, 2.24) is 0 Å². The predicted molar refractivity (Wildman–Crippen MR) is 207 cm³/mol. The molecule has 0 atom stereocenters. The van der Waals surface area contributed by atoms with Gasteiger partial charge in [-0.3, -0.25) is 4.70 Å². The van der Waals surface area contributed by atoms with E-state index >= 15 is 0 Å². The Morgan fingerprint density at radius 3 is 1.70 bits per heavy atom. The summed E-state index contributed by atoms with van der Waals surface area (Å²) in [6.45, 7) is 17.9. The summed E-state index contributed by atoms with van der Waals surface area (Å²) in [7, 11) is -1.26. The van der Waals surface area contributed by atoms with Gasteiger partial charge in [-0.2, -0.15) is 0 Å². The van der Waals surface area contributed by atoms with Crippen LogP contribution >= 0.6 is 0 Å². The van der Waals surface area contributed by atoms with Crippen LogP contribution in [-0.2, 0) is 41.4 Å². The van der Waals surface area contributed by atoms with Crippen molar-refractivity contribution in [2.45, 2.75) is 85.7 Å². The number of aryl methyl sites for hydroxylation is 2. The molecule has 0 aromatic heterocycles. The number of halogens is 1. The summed E-state index contributed by atoms with van der Waals surface area (Å²) in [5.41, 5.74) is 5.28. The quantitative estimate of drug-likeness (QED) is 0.101. The van der Waals surface area contributed by atoms with E-state index in [9.17, 15) is 5.02 Å². The topological polar surface area (TPSA) is 94.1 Å². The molecule has 2 fully saturated rings. The Morgan fingerprint density at radius 1 is 0.679 bits per heavy atom. The molecule has 0 unspecified atom stereocenters. The zero-order valence-electron chi connectivity index (χ0n) is 32.0. The van der Waals surface area contributed by atoms with E-state index in [1.807, 2.05) is 126 Å². The molecule has 0 amide bonds. The second kappa shape index (κ2) is 19.5. The molecule has 0 radical (unpaired) electrons. The van der Waals surface area contributed by atoms with E-state index in [1.54, 1.807) is 0 Å². The van der Waals surface area contributed by atoms with E-state index in [1.165, 1.54) is 24.0 Å². The average Bonchev–Trinajstić information content (AvgIpc) is 3.87. The van der Waals surface area contributed by atoms with Gasteiger partial charge < -0.3 is 42.7 Å². The van der Waals surface area contributed by atoms with Crippen molar-refractivity contribution in [2.24, 2.45) is 0 Å². The van der Waals surface area contributed by atoms with E-state index in [4.69, 9.17) is 37.6 Å². The maximum atomic E-state index is 9.53. The van der Waals surface area contributed by atoms with Crippen LogP contribution in [0.2, 0.25) is 0 Å². The fourth-order valence-electron chi connectivity index (χ4n) is 5.53. The fraction of sp³-hybridized carbons (Fsp3) is 0.415. The number of hydrogen-bond acceptors (Lipinski definition) is 9. The Morgan fingerprint density at radius 2 is 1.19 bits per heavy atom. The second-order valence-electron chi connectivity index (χ2n) is 14.1. The van der Waals surface area contributed by atoms with Gasteiger partial charge in [0.25, 0.3) is 0 Å². The third-order valence-electron chi connectivity index (χ3n) is 9.37. The molecule has 3 heterocycles. The molecule has 7 rings (SSSR count). The Bertz CT molecular complexity index is 1690. The van der Waals surface area contributed by atoms with Gasteiger partial charge in [0.05, 0.1) is 24.4 Å². The molecule has 9 nitrogen and oxygen atoms in total. The molecule has 0 saturated carbocycles. The van der Waals surface area contributed by atoms with Crippen molar-refractivity contribution >= 4 is 25.2 Å². The van der Waals surface area contributed by atoms with Gasteiger partial charge in [-0.25, -0.2) is 0 Å². The van der Waals surface area contributed by atoms with Crippen molar-refractivity contribution in [3.8, 4) is 23.0 Å². The Balaban J connectivity index is 0.000000220. The normalized spacial score (nSPS) is 16.5. The summed E-state index contributed by atoms with van der Waals surface area (Å²) in [6, 6.07) is 27.4. The molecule has 3 aliphatic heterocycles. The van der Waals surface area contributed by atoms with Gasteiger partial charge in [-0.05, 0) is 132 Å². The third-order valence-corrected chi connectivity index (χ3v) is 9.37. The summed E-state index contributed by atoms with van der Waals surface area (Å²) < 4.78 is 45.4. The van der Waals surface area contributed by atoms with Crippen LogP contribution in [0.4, 0.5) is 4.70 Å². The van der Waals surface area contributed by atoms with Crippen molar-refractivity contribution in [3.05, 3.63) is 107 Å². The van der Waals surface area contributed by atoms with Crippen LogP contribution in [0.15, 0.2) is 84.9 Å². The number of fused-ring (bicyclic) bond motifs is 1. The molecule has 1 N–H and O–H groups in total. The summed E-state index contributed by atoms with van der Waals surface area (Å²) in [6.07, 6.45) is 2.56. The van der Waals surface area contributed by atoms with Crippen LogP contribution in [0.5, 0.6) is 23.0 Å². The van der Waals surface area contributed by atoms with E-state index in [0.29, 0.717) is 19.8 Å². The molecule has 0 spiro atoms. The average molecular weight is 730 g/mol. The van der Waals surface area contributed by atoms with Gasteiger partial charge in [0, 0.05) is 19.8 Å². The Hall–Kier alpha value is -3.74. The van der Waals surface area contributed by atoms with Gasteiger partial charge in [0.2, 0.25) is 0 Å². The number of ether oxygens (including phenoxy) is 5. The van der Waals surface area contributed by atoms with Crippen molar-refractivity contribution in [3.63, 3.8) is 0 Å². The van der Waals surface area contributed by atoms with Crippen LogP contribution in [0.1, 0.15) is 69.7 Å². The van der Waals surface area contributed by atoms with E-state index in [-0.39, 0.29) is 11.5 Å². The van der Waals surface area contributed by atoms with Crippen LogP contribution in [0, 0.1) is 13.8 Å². The molecule has 2 saturated heterocycles. The van der Waals surface area contributed by atoms with E-state index in [2.05, 4.69) is 6.92 Å². The van der Waals surface area contributed by atoms with Crippen LogP contribution < -0.4 is 20.4 Å². The summed E-state index contributed by atoms with van der Waals surface area (Å²) in [4.78, 5) is 0. The molecule has 4 aromatic rings. The summed E-state index contributed by atoms with van der Waals surface area (Å²) in [5.74, 6) is 3.10. The Kier molecular flexibility index (Phi) is 15.5. The standard InChI is InChI=1S/C23H31BO5.C14H13BO3.C4H8O.FH/c1-7-25-16-26-15-18-14-20(27-19-10-8-17(2)9-11-19)12-13-21(18)24-28-22(3,4)23(5,6)29-24;1-10-2-4-12(5-3-10)18-13-6-7-14-11(8-13)9-17-15(14)16;1-2-4-5-3-1;/h8-14H,7,15-16H2,1-6H3;2-8,16H,9H2,1H3;1-4H2;1H. The van der Waals surface area contributed by atoms with Crippen LogP contribution in [0.25, 0.3) is 0 Å². The number of rotatable bonds is 10. The monoisotopic (exact) mass is 730 g/mol. The molecular weight excluding hydrogens is 677 g/mol. The number of benzene rings is 4. The smallest absolute Gasteiger partial charge is 0.457 e. The lowest BCUT2D eigenvalue weighted by Gasteiger charge is -2.32. The minimum absolute atomic E-state index is 0. The van der Waals surface area contributed by atoms with Gasteiger partial charge in [-0.15, -0.1) is 0 Å². The van der Waals surface area contributed by atoms with Crippen molar-refractivity contribution < 1.29 is 47.4 Å². The second-order valence-corrected chi connectivity index (χ2v) is 14.1. The van der Waals surface area contributed by atoms with Crippen LogP contribution in [-0.4, -0.2) is 57.1 Å². The minimum Gasteiger partial charge on any atom is -0.457 e. The predicted octanol–water partition coefficient (Wildman–Crippen LogP) is 7.55. The fourth-order valence-corrected chi connectivity index (χ4v) is 5.53. The van der Waals surface area contributed by atoms with E-state index < -0.39 is 25.4 Å². The lowest BCUT2D eigenvalue weighted by molar-refractivity contribution is -0.0570. The van der Waals surface area contributed by atoms with Crippen molar-refractivity contribution in [2.75, 3.05) is 26.6 Å². The SMILES string of the molecule is C1CCOC1.CCOCOCc1cc(Oc2ccc(C)cc2)ccc1B1OC(C)(C)C(C)(C)O1.Cc1ccc(Oc2ccc3c(c2)COB3O)cc1.F. The largest absolute Gasteiger partial charge is 0.495 e. The van der Waals surface area contributed by atoms with E-state index in [0.717, 1.165) is 58.3 Å². The summed E-state index contributed by atoms with van der Waals surface area (Å²) >= 11 is 0. The number of hydrogen-bond donors (Lipinski definition) is 1. The lowest BCUT2D eigenvalue weighted by Crippen LogP contribution is -2.41. The van der Waals surface area contributed by atoms with Gasteiger partial charge in [-0.1, -0.05) is 47.5 Å². The minimum atomic E-state index is -0.798.